The van der Waals surface area contributed by atoms with Crippen LogP contribution in [0.3, 0.4) is 0 Å². The first kappa shape index (κ1) is 14.4. The van der Waals surface area contributed by atoms with Gasteiger partial charge in [-0.2, -0.15) is 0 Å². The molecule has 0 saturated heterocycles. The Morgan fingerprint density at radius 3 is 2.65 bits per heavy atom. The quantitative estimate of drug-likeness (QED) is 0.879. The summed E-state index contributed by atoms with van der Waals surface area (Å²) in [6.07, 6.45) is 3.13. The van der Waals surface area contributed by atoms with Gasteiger partial charge in [-0.25, -0.2) is 9.37 Å². The molecule has 5 heteroatoms. The molecule has 0 aliphatic rings. The summed E-state index contributed by atoms with van der Waals surface area (Å²) in [7, 11) is 0. The van der Waals surface area contributed by atoms with Gasteiger partial charge in [0.15, 0.2) is 11.6 Å². The molecule has 0 saturated carbocycles. The number of halogens is 1. The first-order chi connectivity index (χ1) is 9.65. The molecule has 0 amide bonds. The molecule has 2 rings (SSSR count). The smallest absolute Gasteiger partial charge is 0.237 e. The molecule has 0 bridgehead atoms. The number of nitrogens with zero attached hydrogens (tertiary/aromatic N) is 2. The van der Waals surface area contributed by atoms with Crippen LogP contribution >= 0.6 is 0 Å². The largest absolute Gasteiger partial charge is 0.434 e. The van der Waals surface area contributed by atoms with E-state index in [0.717, 1.165) is 12.2 Å². The Kier molecular flexibility index (Phi) is 5.01. The Bertz CT molecular complexity index is 543. The number of hydrogen-bond acceptors (Lipinski definition) is 4. The van der Waals surface area contributed by atoms with Gasteiger partial charge in [0.2, 0.25) is 5.88 Å². The number of hydrogen-bond donors (Lipinski definition) is 1. The van der Waals surface area contributed by atoms with Crippen LogP contribution in [0, 0.1) is 11.7 Å². The van der Waals surface area contributed by atoms with Crippen LogP contribution < -0.4 is 10.1 Å². The molecule has 2 aromatic rings. The van der Waals surface area contributed by atoms with Crippen molar-refractivity contribution >= 4 is 0 Å². The number of aromatic nitrogens is 2. The van der Waals surface area contributed by atoms with E-state index in [1.165, 1.54) is 12.3 Å². The zero-order valence-electron chi connectivity index (χ0n) is 11.6. The summed E-state index contributed by atoms with van der Waals surface area (Å²) in [6, 6.07) is 6.20. The first-order valence-corrected chi connectivity index (χ1v) is 6.59. The Labute approximate surface area is 118 Å². The van der Waals surface area contributed by atoms with Crippen LogP contribution in [-0.4, -0.2) is 16.5 Å². The van der Waals surface area contributed by atoms with Crippen molar-refractivity contribution in [2.24, 2.45) is 5.92 Å². The molecule has 20 heavy (non-hydrogen) atoms. The third-order valence-corrected chi connectivity index (χ3v) is 2.59. The van der Waals surface area contributed by atoms with Gasteiger partial charge < -0.3 is 10.1 Å². The lowest BCUT2D eigenvalue weighted by Gasteiger charge is -2.08. The van der Waals surface area contributed by atoms with E-state index in [9.17, 15) is 4.39 Å². The number of para-hydroxylation sites is 1. The van der Waals surface area contributed by atoms with Crippen molar-refractivity contribution in [3.05, 3.63) is 48.2 Å². The average Bonchev–Trinajstić information content (AvgIpc) is 2.43. The van der Waals surface area contributed by atoms with Crippen molar-refractivity contribution < 1.29 is 9.13 Å². The molecule has 0 aliphatic heterocycles. The number of benzene rings is 1. The fourth-order valence-corrected chi connectivity index (χ4v) is 1.62. The third kappa shape index (κ3) is 4.28. The maximum Gasteiger partial charge on any atom is 0.237 e. The molecule has 1 heterocycles. The molecule has 0 atom stereocenters. The van der Waals surface area contributed by atoms with Gasteiger partial charge in [0.25, 0.3) is 0 Å². The highest BCUT2D eigenvalue weighted by molar-refractivity contribution is 5.27. The zero-order chi connectivity index (χ0) is 14.4. The summed E-state index contributed by atoms with van der Waals surface area (Å²) >= 11 is 0. The minimum atomic E-state index is -0.419. The topological polar surface area (TPSA) is 47.0 Å². The second-order valence-corrected chi connectivity index (χ2v) is 4.90. The van der Waals surface area contributed by atoms with Crippen molar-refractivity contribution in [3.8, 4) is 11.6 Å². The normalized spacial score (nSPS) is 10.8. The van der Waals surface area contributed by atoms with Gasteiger partial charge in [-0.3, -0.25) is 4.98 Å². The van der Waals surface area contributed by atoms with E-state index in [2.05, 4.69) is 29.1 Å². The summed E-state index contributed by atoms with van der Waals surface area (Å²) in [5, 5.41) is 3.28. The predicted octanol–water partition coefficient (Wildman–Crippen LogP) is 3.15. The van der Waals surface area contributed by atoms with Gasteiger partial charge in [0.05, 0.1) is 18.1 Å². The van der Waals surface area contributed by atoms with Crippen LogP contribution in [0.25, 0.3) is 0 Å². The molecule has 1 aromatic carbocycles. The van der Waals surface area contributed by atoms with Crippen molar-refractivity contribution in [3.63, 3.8) is 0 Å². The van der Waals surface area contributed by atoms with Crippen LogP contribution in [0.15, 0.2) is 36.7 Å². The molecule has 0 fully saturated rings. The Morgan fingerprint density at radius 1 is 1.20 bits per heavy atom. The van der Waals surface area contributed by atoms with E-state index in [-0.39, 0.29) is 11.6 Å². The molecule has 0 spiro atoms. The van der Waals surface area contributed by atoms with Crippen molar-refractivity contribution in [1.29, 1.82) is 0 Å². The summed E-state index contributed by atoms with van der Waals surface area (Å²) in [4.78, 5) is 8.35. The van der Waals surface area contributed by atoms with E-state index >= 15 is 0 Å². The molecule has 0 unspecified atom stereocenters. The van der Waals surface area contributed by atoms with Gasteiger partial charge in [-0.1, -0.05) is 26.0 Å². The monoisotopic (exact) mass is 275 g/mol. The second kappa shape index (κ2) is 6.96. The van der Waals surface area contributed by atoms with E-state index in [1.54, 1.807) is 24.4 Å². The van der Waals surface area contributed by atoms with Gasteiger partial charge in [-0.05, 0) is 24.6 Å². The summed E-state index contributed by atoms with van der Waals surface area (Å²) < 4.78 is 18.8. The first-order valence-electron chi connectivity index (χ1n) is 6.59. The minimum absolute atomic E-state index is 0.146. The third-order valence-electron chi connectivity index (χ3n) is 2.59. The standard InChI is InChI=1S/C15H18FN3O/c1-11(2)7-17-8-12-9-19-15(10-18-12)20-14-6-4-3-5-13(14)16/h3-6,9-11,17H,7-8H2,1-2H3. The SMILES string of the molecule is CC(C)CNCc1cnc(Oc2ccccc2F)cn1. The van der Waals surface area contributed by atoms with E-state index in [4.69, 9.17) is 4.74 Å². The lowest BCUT2D eigenvalue weighted by molar-refractivity contribution is 0.424. The molecule has 1 N–H and O–H groups in total. The number of nitrogens with one attached hydrogen (secondary N) is 1. The van der Waals surface area contributed by atoms with Crippen LogP contribution in [0.2, 0.25) is 0 Å². The van der Waals surface area contributed by atoms with Crippen molar-refractivity contribution in [2.45, 2.75) is 20.4 Å². The second-order valence-electron chi connectivity index (χ2n) is 4.90. The Morgan fingerprint density at radius 2 is 2.00 bits per heavy atom. The molecular formula is C15H18FN3O. The summed E-state index contributed by atoms with van der Waals surface area (Å²) in [6.45, 7) is 5.87. The number of ether oxygens (including phenoxy) is 1. The highest BCUT2D eigenvalue weighted by Crippen LogP contribution is 2.21. The molecule has 1 aromatic heterocycles. The maximum atomic E-state index is 13.4. The molecule has 4 nitrogen and oxygen atoms in total. The molecule has 0 radical (unpaired) electrons. The van der Waals surface area contributed by atoms with E-state index < -0.39 is 5.82 Å². The molecule has 0 aliphatic carbocycles. The van der Waals surface area contributed by atoms with Crippen LogP contribution in [0.4, 0.5) is 4.39 Å². The fraction of sp³-hybridized carbons (Fsp3) is 0.333. The lowest BCUT2D eigenvalue weighted by Crippen LogP contribution is -2.19. The van der Waals surface area contributed by atoms with Crippen molar-refractivity contribution in [2.75, 3.05) is 6.54 Å². The Balaban J connectivity index is 1.93. The highest BCUT2D eigenvalue weighted by atomic mass is 19.1. The van der Waals surface area contributed by atoms with Crippen LogP contribution in [0.1, 0.15) is 19.5 Å². The van der Waals surface area contributed by atoms with Gasteiger partial charge in [-0.15, -0.1) is 0 Å². The van der Waals surface area contributed by atoms with Crippen LogP contribution in [-0.2, 0) is 6.54 Å². The van der Waals surface area contributed by atoms with E-state index in [1.807, 2.05) is 0 Å². The van der Waals surface area contributed by atoms with Gasteiger partial charge in [0.1, 0.15) is 0 Å². The summed E-state index contributed by atoms with van der Waals surface area (Å²) in [5.74, 6) is 0.596. The van der Waals surface area contributed by atoms with E-state index in [0.29, 0.717) is 12.5 Å². The Hall–Kier alpha value is -2.01. The van der Waals surface area contributed by atoms with Crippen LogP contribution in [0.5, 0.6) is 11.6 Å². The lowest BCUT2D eigenvalue weighted by atomic mass is 10.2. The fourth-order valence-electron chi connectivity index (χ4n) is 1.62. The van der Waals surface area contributed by atoms with Crippen molar-refractivity contribution in [1.82, 2.24) is 15.3 Å². The van der Waals surface area contributed by atoms with Gasteiger partial charge in [0, 0.05) is 6.54 Å². The number of rotatable bonds is 6. The molecular weight excluding hydrogens is 257 g/mol. The minimum Gasteiger partial charge on any atom is -0.434 e. The molecule has 106 valence electrons. The predicted molar refractivity (Wildman–Crippen MR) is 75.1 cm³/mol. The highest BCUT2D eigenvalue weighted by Gasteiger charge is 2.05. The maximum absolute atomic E-state index is 13.4. The zero-order valence-corrected chi connectivity index (χ0v) is 11.6. The van der Waals surface area contributed by atoms with Gasteiger partial charge >= 0.3 is 0 Å². The summed E-state index contributed by atoms with van der Waals surface area (Å²) in [5.41, 5.74) is 0.825. The average molecular weight is 275 g/mol.